The molecule has 2 N–H and O–H groups in total. The molecule has 0 saturated heterocycles. The molecule has 0 aliphatic rings. The van der Waals surface area contributed by atoms with E-state index in [4.69, 9.17) is 0 Å². The second-order valence-electron chi connectivity index (χ2n) is 7.36. The van der Waals surface area contributed by atoms with Crippen LogP contribution in [0.25, 0.3) is 11.1 Å². The Hall–Kier alpha value is -2.18. The minimum Gasteiger partial charge on any atom is -0.480 e. The number of benzene rings is 1. The largest absolute Gasteiger partial charge is 0.480 e. The Balaban J connectivity index is 1.96. The average Bonchev–Trinajstić information content (AvgIpc) is 3.16. The highest BCUT2D eigenvalue weighted by atomic mass is 32.1. The lowest BCUT2D eigenvalue weighted by molar-refractivity contribution is -0.139. The van der Waals surface area contributed by atoms with Gasteiger partial charge in [0.05, 0.1) is 6.54 Å². The van der Waals surface area contributed by atoms with E-state index in [-0.39, 0.29) is 5.91 Å². The van der Waals surface area contributed by atoms with Crippen LogP contribution in [0.2, 0.25) is 0 Å². The predicted octanol–water partition coefficient (Wildman–Crippen LogP) is 4.56. The highest BCUT2D eigenvalue weighted by molar-refractivity contribution is 7.10. The number of thiophene rings is 1. The van der Waals surface area contributed by atoms with Crippen LogP contribution in [0.3, 0.4) is 0 Å². The van der Waals surface area contributed by atoms with E-state index < -0.39 is 12.0 Å². The molecular weight excluding hydrogens is 384 g/mol. The van der Waals surface area contributed by atoms with Crippen molar-refractivity contribution in [2.45, 2.75) is 58.5 Å². The first-order valence-corrected chi connectivity index (χ1v) is 11.2. The third-order valence-electron chi connectivity index (χ3n) is 4.94. The Morgan fingerprint density at radius 3 is 2.48 bits per heavy atom. The second kappa shape index (κ2) is 11.7. The Kier molecular flexibility index (Phi) is 9.35. The molecule has 0 unspecified atom stereocenters. The van der Waals surface area contributed by atoms with Crippen molar-refractivity contribution in [3.63, 3.8) is 0 Å². The second-order valence-corrected chi connectivity index (χ2v) is 8.35. The zero-order valence-corrected chi connectivity index (χ0v) is 18.4. The number of carbonyl (C=O) groups excluding carboxylic acids is 1. The minimum atomic E-state index is -0.827. The number of hydrogen-bond donors (Lipinski definition) is 2. The Bertz CT molecular complexity index is 786. The molecule has 5 nitrogen and oxygen atoms in total. The molecule has 0 spiro atoms. The van der Waals surface area contributed by atoms with Gasteiger partial charge in [-0.15, -0.1) is 11.3 Å². The maximum atomic E-state index is 12.2. The highest BCUT2D eigenvalue weighted by Crippen LogP contribution is 2.27. The van der Waals surface area contributed by atoms with E-state index in [0.29, 0.717) is 25.9 Å². The van der Waals surface area contributed by atoms with Crippen LogP contribution in [0.4, 0.5) is 0 Å². The zero-order valence-electron chi connectivity index (χ0n) is 17.6. The molecule has 0 aliphatic heterocycles. The first kappa shape index (κ1) is 23.1. The van der Waals surface area contributed by atoms with Crippen LogP contribution in [0.15, 0.2) is 35.7 Å². The quantitative estimate of drug-likeness (QED) is 0.498. The van der Waals surface area contributed by atoms with Gasteiger partial charge in [-0.3, -0.25) is 9.59 Å². The lowest BCUT2D eigenvalue weighted by atomic mass is 10.0. The average molecular weight is 417 g/mol. The van der Waals surface area contributed by atoms with Crippen LogP contribution in [0.5, 0.6) is 0 Å². The number of hydrogen-bond acceptors (Lipinski definition) is 4. The van der Waals surface area contributed by atoms with Gasteiger partial charge >= 0.3 is 5.97 Å². The van der Waals surface area contributed by atoms with Crippen molar-refractivity contribution >= 4 is 23.2 Å². The fourth-order valence-corrected chi connectivity index (χ4v) is 4.16. The molecule has 1 aromatic carbocycles. The maximum Gasteiger partial charge on any atom is 0.321 e. The Morgan fingerprint density at radius 2 is 1.86 bits per heavy atom. The first-order valence-electron chi connectivity index (χ1n) is 10.3. The number of carbonyl (C=O) groups is 2. The zero-order chi connectivity index (χ0) is 21.2. The monoisotopic (exact) mass is 416 g/mol. The van der Waals surface area contributed by atoms with Gasteiger partial charge in [0.15, 0.2) is 0 Å². The fraction of sp³-hybridized carbons (Fsp3) is 0.478. The molecule has 1 amide bonds. The summed E-state index contributed by atoms with van der Waals surface area (Å²) < 4.78 is 0. The van der Waals surface area contributed by atoms with E-state index in [1.165, 1.54) is 0 Å². The molecule has 0 radical (unpaired) electrons. The lowest BCUT2D eigenvalue weighted by Crippen LogP contribution is -2.38. The number of aliphatic carboxylic acids is 1. The van der Waals surface area contributed by atoms with Gasteiger partial charge in [-0.1, -0.05) is 51.0 Å². The van der Waals surface area contributed by atoms with Crippen LogP contribution in [-0.4, -0.2) is 41.5 Å². The number of likely N-dealkylation sites (N-methyl/N-ethyl adjacent to an activating group) is 1. The van der Waals surface area contributed by atoms with Gasteiger partial charge in [0.2, 0.25) is 5.91 Å². The number of unbranched alkanes of at least 4 members (excludes halogenated alkanes) is 2. The summed E-state index contributed by atoms with van der Waals surface area (Å²) in [5, 5.41) is 14.4. The molecular formula is C23H32N2O3S. The summed E-state index contributed by atoms with van der Waals surface area (Å²) in [6.07, 6.45) is 4.26. The van der Waals surface area contributed by atoms with Gasteiger partial charge in [-0.05, 0) is 47.5 Å². The van der Waals surface area contributed by atoms with E-state index in [1.54, 1.807) is 16.2 Å². The number of nitrogens with one attached hydrogen (secondary N) is 1. The number of nitrogens with zero attached hydrogens (tertiary/aromatic N) is 1. The minimum absolute atomic E-state index is 0.200. The van der Waals surface area contributed by atoms with Crippen molar-refractivity contribution in [3.8, 4) is 11.1 Å². The van der Waals surface area contributed by atoms with Gasteiger partial charge < -0.3 is 15.3 Å². The molecule has 1 heterocycles. The molecule has 2 aromatic rings. The van der Waals surface area contributed by atoms with Crippen molar-refractivity contribution in [2.75, 3.05) is 13.6 Å². The van der Waals surface area contributed by atoms with Gasteiger partial charge in [0, 0.05) is 18.3 Å². The molecule has 1 aromatic heterocycles. The standard InChI is InChI=1S/C23H32N2O3S/c1-4-6-7-8-22(26)25(3)15-20-14-19(16-29-20)18-11-9-17(10-12-18)13-21(23(27)28)24-5-2/h9-12,14,16,21,24H,4-8,13,15H2,1-3H3,(H,27,28)/t21-/m0/s1. The lowest BCUT2D eigenvalue weighted by Gasteiger charge is -2.16. The molecule has 0 fully saturated rings. The maximum absolute atomic E-state index is 12.2. The van der Waals surface area contributed by atoms with Gasteiger partial charge in [0.1, 0.15) is 6.04 Å². The summed E-state index contributed by atoms with van der Waals surface area (Å²) in [7, 11) is 1.87. The summed E-state index contributed by atoms with van der Waals surface area (Å²) in [5.41, 5.74) is 3.23. The van der Waals surface area contributed by atoms with E-state index in [0.717, 1.165) is 40.8 Å². The third kappa shape index (κ3) is 7.29. The van der Waals surface area contributed by atoms with E-state index in [1.807, 2.05) is 38.2 Å². The number of carboxylic acid groups (broad SMARTS) is 1. The van der Waals surface area contributed by atoms with Crippen LogP contribution in [0.1, 0.15) is 50.0 Å². The summed E-state index contributed by atoms with van der Waals surface area (Å²) in [4.78, 5) is 26.5. The molecule has 0 aliphatic carbocycles. The van der Waals surface area contributed by atoms with E-state index in [2.05, 4.69) is 23.7 Å². The third-order valence-corrected chi connectivity index (χ3v) is 5.86. The van der Waals surface area contributed by atoms with Crippen molar-refractivity contribution in [1.29, 1.82) is 0 Å². The molecule has 6 heteroatoms. The van der Waals surface area contributed by atoms with Gasteiger partial charge in [-0.2, -0.15) is 0 Å². The Labute approximate surface area is 177 Å². The van der Waals surface area contributed by atoms with E-state index >= 15 is 0 Å². The summed E-state index contributed by atoms with van der Waals surface area (Å²) >= 11 is 1.66. The predicted molar refractivity (Wildman–Crippen MR) is 119 cm³/mol. The SMILES string of the molecule is CCCCCC(=O)N(C)Cc1cc(-c2ccc(C[C@H](NCC)C(=O)O)cc2)cs1. The van der Waals surface area contributed by atoms with Crippen LogP contribution >= 0.6 is 11.3 Å². The molecule has 1 atom stereocenters. The normalized spacial score (nSPS) is 12.0. The molecule has 158 valence electrons. The van der Waals surface area contributed by atoms with Crippen molar-refractivity contribution < 1.29 is 14.7 Å². The fourth-order valence-electron chi connectivity index (χ4n) is 3.22. The number of carboxylic acids is 1. The smallest absolute Gasteiger partial charge is 0.321 e. The van der Waals surface area contributed by atoms with Gasteiger partial charge in [0.25, 0.3) is 0 Å². The molecule has 0 bridgehead atoms. The first-order chi connectivity index (χ1) is 13.9. The topological polar surface area (TPSA) is 69.6 Å². The highest BCUT2D eigenvalue weighted by Gasteiger charge is 2.16. The van der Waals surface area contributed by atoms with Gasteiger partial charge in [-0.25, -0.2) is 0 Å². The van der Waals surface area contributed by atoms with Crippen LogP contribution in [0, 0.1) is 0 Å². The summed E-state index contributed by atoms with van der Waals surface area (Å²) in [6.45, 7) is 5.31. The summed E-state index contributed by atoms with van der Waals surface area (Å²) in [5.74, 6) is -0.627. The molecule has 2 rings (SSSR count). The van der Waals surface area contributed by atoms with Crippen molar-refractivity contribution in [3.05, 3.63) is 46.2 Å². The summed E-state index contributed by atoms with van der Waals surface area (Å²) in [6, 6.07) is 9.61. The molecule has 0 saturated carbocycles. The Morgan fingerprint density at radius 1 is 1.14 bits per heavy atom. The van der Waals surface area contributed by atoms with Crippen LogP contribution in [-0.2, 0) is 22.6 Å². The van der Waals surface area contributed by atoms with Crippen molar-refractivity contribution in [1.82, 2.24) is 10.2 Å². The van der Waals surface area contributed by atoms with Crippen molar-refractivity contribution in [2.24, 2.45) is 0 Å². The number of rotatable bonds is 12. The number of amides is 1. The van der Waals surface area contributed by atoms with Crippen LogP contribution < -0.4 is 5.32 Å². The van der Waals surface area contributed by atoms with E-state index in [9.17, 15) is 14.7 Å². The molecule has 29 heavy (non-hydrogen) atoms.